The van der Waals surface area contributed by atoms with Crippen LogP contribution in [-0.2, 0) is 14.3 Å². The molecule has 1 aliphatic heterocycles. The van der Waals surface area contributed by atoms with E-state index in [0.29, 0.717) is 16.8 Å². The number of ketones is 1. The van der Waals surface area contributed by atoms with E-state index in [1.807, 2.05) is 0 Å². The molecule has 0 spiro atoms. The van der Waals surface area contributed by atoms with E-state index in [1.54, 1.807) is 43.6 Å². The molecule has 0 radical (unpaired) electrons. The van der Waals surface area contributed by atoms with E-state index >= 15 is 0 Å². The number of nitrogens with zero attached hydrogens (tertiary/aromatic N) is 2. The van der Waals surface area contributed by atoms with Gasteiger partial charge in [0.2, 0.25) is 0 Å². The molecule has 1 amide bonds. The predicted octanol–water partition coefficient (Wildman–Crippen LogP) is 2.75. The van der Waals surface area contributed by atoms with Crippen LogP contribution in [0, 0.1) is 0 Å². The SMILES string of the molecule is CCOC(=O)c1ccc(N2C(=O)C(O)=C(C(C)=O)[C@H]2c2cccnc2)cc1. The highest BCUT2D eigenvalue weighted by Crippen LogP contribution is 2.40. The van der Waals surface area contributed by atoms with Gasteiger partial charge in [0.05, 0.1) is 23.8 Å². The minimum absolute atomic E-state index is 0.0162. The molecule has 2 aromatic rings. The highest BCUT2D eigenvalue weighted by atomic mass is 16.5. The number of carbonyl (C=O) groups excluding carboxylic acids is 3. The number of aliphatic hydroxyl groups is 1. The second-order valence-corrected chi connectivity index (χ2v) is 5.95. The van der Waals surface area contributed by atoms with Crippen molar-refractivity contribution in [3.05, 3.63) is 71.3 Å². The van der Waals surface area contributed by atoms with Crippen molar-refractivity contribution in [2.24, 2.45) is 0 Å². The Bertz CT molecular complexity index is 919. The van der Waals surface area contributed by atoms with E-state index < -0.39 is 29.5 Å². The van der Waals surface area contributed by atoms with Crippen LogP contribution < -0.4 is 4.90 Å². The second kappa shape index (κ2) is 7.41. The number of rotatable bonds is 5. The maximum atomic E-state index is 12.7. The number of hydrogen-bond donors (Lipinski definition) is 1. The van der Waals surface area contributed by atoms with Crippen LogP contribution in [0.4, 0.5) is 5.69 Å². The predicted molar refractivity (Wildman–Crippen MR) is 97.2 cm³/mol. The maximum Gasteiger partial charge on any atom is 0.338 e. The lowest BCUT2D eigenvalue weighted by Gasteiger charge is -2.26. The quantitative estimate of drug-likeness (QED) is 0.818. The fourth-order valence-electron chi connectivity index (χ4n) is 3.06. The smallest absolute Gasteiger partial charge is 0.338 e. The molecule has 1 atom stereocenters. The van der Waals surface area contributed by atoms with Gasteiger partial charge in [0.15, 0.2) is 11.5 Å². The molecular weight excluding hydrogens is 348 g/mol. The first-order chi connectivity index (χ1) is 13.0. The molecule has 27 heavy (non-hydrogen) atoms. The van der Waals surface area contributed by atoms with Crippen molar-refractivity contribution >= 4 is 23.3 Å². The third-order valence-corrected chi connectivity index (χ3v) is 4.24. The van der Waals surface area contributed by atoms with E-state index in [0.717, 1.165) is 0 Å². The van der Waals surface area contributed by atoms with Crippen molar-refractivity contribution in [2.45, 2.75) is 19.9 Å². The number of benzene rings is 1. The van der Waals surface area contributed by atoms with Crippen molar-refractivity contribution in [3.8, 4) is 0 Å². The van der Waals surface area contributed by atoms with E-state index in [1.165, 1.54) is 24.0 Å². The summed E-state index contributed by atoms with van der Waals surface area (Å²) in [6.07, 6.45) is 3.12. The number of carbonyl (C=O) groups is 3. The Balaban J connectivity index is 2.04. The molecular formula is C20H18N2O5. The number of anilines is 1. The normalized spacial score (nSPS) is 16.6. The number of esters is 1. The van der Waals surface area contributed by atoms with Gasteiger partial charge in [-0.1, -0.05) is 6.07 Å². The Labute approximate surface area is 155 Å². The van der Waals surface area contributed by atoms with Gasteiger partial charge < -0.3 is 9.84 Å². The molecule has 1 aromatic heterocycles. The first-order valence-corrected chi connectivity index (χ1v) is 8.40. The number of amides is 1. The topological polar surface area (TPSA) is 96.8 Å². The molecule has 0 saturated carbocycles. The lowest BCUT2D eigenvalue weighted by atomic mass is 9.98. The van der Waals surface area contributed by atoms with Crippen LogP contribution in [-0.4, -0.2) is 34.4 Å². The summed E-state index contributed by atoms with van der Waals surface area (Å²) in [7, 11) is 0. The van der Waals surface area contributed by atoms with Crippen molar-refractivity contribution in [1.82, 2.24) is 4.98 Å². The van der Waals surface area contributed by atoms with E-state index in [9.17, 15) is 19.5 Å². The first kappa shape index (κ1) is 18.3. The lowest BCUT2D eigenvalue weighted by molar-refractivity contribution is -0.117. The number of hydrogen-bond acceptors (Lipinski definition) is 6. The fraction of sp³-hybridized carbons (Fsp3) is 0.200. The third-order valence-electron chi connectivity index (χ3n) is 4.24. The molecule has 1 aromatic carbocycles. The van der Waals surface area contributed by atoms with Crippen LogP contribution >= 0.6 is 0 Å². The van der Waals surface area contributed by atoms with E-state index in [2.05, 4.69) is 4.98 Å². The minimum atomic E-state index is -0.794. The van der Waals surface area contributed by atoms with Crippen LogP contribution in [0.25, 0.3) is 0 Å². The lowest BCUT2D eigenvalue weighted by Crippen LogP contribution is -2.31. The van der Waals surface area contributed by atoms with Gasteiger partial charge in [-0.15, -0.1) is 0 Å². The third kappa shape index (κ3) is 3.31. The monoisotopic (exact) mass is 366 g/mol. The summed E-state index contributed by atoms with van der Waals surface area (Å²) in [4.78, 5) is 42.0. The molecule has 1 N–H and O–H groups in total. The zero-order chi connectivity index (χ0) is 19.6. The molecule has 0 saturated heterocycles. The minimum Gasteiger partial charge on any atom is -0.503 e. The molecule has 0 aliphatic carbocycles. The summed E-state index contributed by atoms with van der Waals surface area (Å²) in [5.74, 6) is -2.13. The Morgan fingerprint density at radius 2 is 1.93 bits per heavy atom. The van der Waals surface area contributed by atoms with Gasteiger partial charge >= 0.3 is 5.97 Å². The summed E-state index contributed by atoms with van der Waals surface area (Å²) in [5.41, 5.74) is 1.39. The Kier molecular flexibility index (Phi) is 5.03. The molecule has 138 valence electrons. The number of pyridine rings is 1. The fourth-order valence-corrected chi connectivity index (χ4v) is 3.06. The molecule has 3 rings (SSSR count). The van der Waals surface area contributed by atoms with Crippen molar-refractivity contribution in [1.29, 1.82) is 0 Å². The van der Waals surface area contributed by atoms with Crippen molar-refractivity contribution in [3.63, 3.8) is 0 Å². The molecule has 0 unspecified atom stereocenters. The van der Waals surface area contributed by atoms with Crippen LogP contribution in [0.15, 0.2) is 60.1 Å². The van der Waals surface area contributed by atoms with Gasteiger partial charge in [-0.3, -0.25) is 19.5 Å². The number of aliphatic hydroxyl groups excluding tert-OH is 1. The largest absolute Gasteiger partial charge is 0.503 e. The van der Waals surface area contributed by atoms with Crippen LogP contribution in [0.2, 0.25) is 0 Å². The highest BCUT2D eigenvalue weighted by Gasteiger charge is 2.43. The molecule has 0 fully saturated rings. The van der Waals surface area contributed by atoms with Gasteiger partial charge in [-0.25, -0.2) is 4.79 Å². The van der Waals surface area contributed by atoms with Crippen LogP contribution in [0.5, 0.6) is 0 Å². The standard InChI is InChI=1S/C20H18N2O5/c1-3-27-20(26)13-6-8-15(9-7-13)22-17(14-5-4-10-21-11-14)16(12(2)23)18(24)19(22)25/h4-11,17,24H,3H2,1-2H3/t17-/m1/s1. The number of Topliss-reactive ketones (excluding diaryl/α,β-unsaturated/α-hetero) is 1. The molecule has 1 aliphatic rings. The highest BCUT2D eigenvalue weighted by molar-refractivity contribution is 6.16. The van der Waals surface area contributed by atoms with Crippen LogP contribution in [0.1, 0.15) is 35.8 Å². The molecule has 7 heteroatoms. The number of aromatic nitrogens is 1. The van der Waals surface area contributed by atoms with Crippen molar-refractivity contribution in [2.75, 3.05) is 11.5 Å². The van der Waals surface area contributed by atoms with Gasteiger partial charge in [-0.2, -0.15) is 0 Å². The number of ether oxygens (including phenoxy) is 1. The van der Waals surface area contributed by atoms with E-state index in [-0.39, 0.29) is 12.2 Å². The molecule has 7 nitrogen and oxygen atoms in total. The Hall–Kier alpha value is -3.48. The average Bonchev–Trinajstić information content (AvgIpc) is 2.94. The van der Waals surface area contributed by atoms with Gasteiger partial charge in [0.25, 0.3) is 5.91 Å². The molecule has 2 heterocycles. The Morgan fingerprint density at radius 1 is 1.22 bits per heavy atom. The Morgan fingerprint density at radius 3 is 2.48 bits per heavy atom. The summed E-state index contributed by atoms with van der Waals surface area (Å²) in [5, 5.41) is 10.3. The second-order valence-electron chi connectivity index (χ2n) is 5.95. The summed E-state index contributed by atoms with van der Waals surface area (Å²) in [6, 6.07) is 8.83. The first-order valence-electron chi connectivity index (χ1n) is 8.40. The summed E-state index contributed by atoms with van der Waals surface area (Å²) in [6.45, 7) is 3.27. The zero-order valence-electron chi connectivity index (χ0n) is 14.9. The maximum absolute atomic E-state index is 12.7. The summed E-state index contributed by atoms with van der Waals surface area (Å²) >= 11 is 0. The van der Waals surface area contributed by atoms with Crippen LogP contribution in [0.3, 0.4) is 0 Å². The molecule has 0 bridgehead atoms. The van der Waals surface area contributed by atoms with Gasteiger partial charge in [0.1, 0.15) is 0 Å². The van der Waals surface area contributed by atoms with Gasteiger partial charge in [-0.05, 0) is 49.7 Å². The van der Waals surface area contributed by atoms with Crippen molar-refractivity contribution < 1.29 is 24.2 Å². The average molecular weight is 366 g/mol. The zero-order valence-corrected chi connectivity index (χ0v) is 14.9. The van der Waals surface area contributed by atoms with Gasteiger partial charge in [0, 0.05) is 18.1 Å². The summed E-state index contributed by atoms with van der Waals surface area (Å²) < 4.78 is 4.95. The van der Waals surface area contributed by atoms with E-state index in [4.69, 9.17) is 4.74 Å².